The number of esters is 2. The maximum absolute atomic E-state index is 11.4. The Morgan fingerprint density at radius 2 is 1.30 bits per heavy atom. The Morgan fingerprint density at radius 3 is 1.87 bits per heavy atom. The molecule has 0 aliphatic rings. The number of rotatable bonds is 15. The van der Waals surface area contributed by atoms with E-state index >= 15 is 0 Å². The molecular weight excluding hydrogens is 324 g/mol. The SMILES string of the molecule is CSCCOCCOCCC(=O)OCCOC(=O)CCC(C)=O. The van der Waals surface area contributed by atoms with E-state index in [4.69, 9.17) is 18.9 Å². The molecular formula is C15H26O7S. The highest BCUT2D eigenvalue weighted by Crippen LogP contribution is 1.95. The molecule has 0 aliphatic heterocycles. The average molecular weight is 350 g/mol. The minimum absolute atomic E-state index is 0.00242. The summed E-state index contributed by atoms with van der Waals surface area (Å²) in [5.74, 6) is 0.00299. The van der Waals surface area contributed by atoms with E-state index < -0.39 is 11.9 Å². The van der Waals surface area contributed by atoms with Gasteiger partial charge in [0.1, 0.15) is 19.0 Å². The van der Waals surface area contributed by atoms with Crippen molar-refractivity contribution in [3.05, 3.63) is 0 Å². The summed E-state index contributed by atoms with van der Waals surface area (Å²) in [6, 6.07) is 0. The summed E-state index contributed by atoms with van der Waals surface area (Å²) in [5, 5.41) is 0. The molecule has 0 heterocycles. The van der Waals surface area contributed by atoms with E-state index in [2.05, 4.69) is 0 Å². The van der Waals surface area contributed by atoms with Crippen molar-refractivity contribution >= 4 is 29.5 Å². The number of ketones is 1. The van der Waals surface area contributed by atoms with Gasteiger partial charge in [0.15, 0.2) is 0 Å². The summed E-state index contributed by atoms with van der Waals surface area (Å²) in [7, 11) is 0. The van der Waals surface area contributed by atoms with Crippen LogP contribution in [0, 0.1) is 0 Å². The molecule has 0 aromatic heterocycles. The van der Waals surface area contributed by atoms with Crippen LogP contribution in [0.15, 0.2) is 0 Å². The van der Waals surface area contributed by atoms with E-state index in [0.717, 1.165) is 5.75 Å². The third kappa shape index (κ3) is 17.1. The van der Waals surface area contributed by atoms with Crippen LogP contribution >= 0.6 is 11.8 Å². The van der Waals surface area contributed by atoms with Gasteiger partial charge < -0.3 is 23.7 Å². The highest BCUT2D eigenvalue weighted by atomic mass is 32.2. The zero-order valence-corrected chi connectivity index (χ0v) is 14.7. The van der Waals surface area contributed by atoms with Crippen LogP contribution in [0.3, 0.4) is 0 Å². The van der Waals surface area contributed by atoms with Crippen LogP contribution in [0.4, 0.5) is 0 Å². The molecule has 7 nitrogen and oxygen atoms in total. The maximum atomic E-state index is 11.4. The normalized spacial score (nSPS) is 10.3. The molecule has 0 amide bonds. The van der Waals surface area contributed by atoms with Gasteiger partial charge in [0.2, 0.25) is 0 Å². The fraction of sp³-hybridized carbons (Fsp3) is 0.800. The predicted octanol–water partition coefficient (Wildman–Crippen LogP) is 1.23. The van der Waals surface area contributed by atoms with Crippen LogP contribution in [0.5, 0.6) is 0 Å². The summed E-state index contributed by atoms with van der Waals surface area (Å²) in [6.45, 7) is 3.31. The van der Waals surface area contributed by atoms with Gasteiger partial charge in [0.25, 0.3) is 0 Å². The highest BCUT2D eigenvalue weighted by Gasteiger charge is 2.06. The molecule has 0 saturated heterocycles. The number of thioether (sulfide) groups is 1. The van der Waals surface area contributed by atoms with Crippen LogP contribution in [-0.2, 0) is 33.3 Å². The van der Waals surface area contributed by atoms with Crippen molar-refractivity contribution in [3.63, 3.8) is 0 Å². The third-order valence-corrected chi connectivity index (χ3v) is 3.12. The number of Topliss-reactive ketones (excluding diaryl/α,β-unsaturated/α-hetero) is 1. The number of ether oxygens (including phenoxy) is 4. The van der Waals surface area contributed by atoms with Crippen LogP contribution in [-0.4, -0.2) is 69.4 Å². The minimum Gasteiger partial charge on any atom is -0.462 e. The predicted molar refractivity (Wildman–Crippen MR) is 86.5 cm³/mol. The lowest BCUT2D eigenvalue weighted by Crippen LogP contribution is -2.16. The second-order valence-electron chi connectivity index (χ2n) is 4.61. The van der Waals surface area contributed by atoms with Gasteiger partial charge in [0.05, 0.1) is 39.3 Å². The smallest absolute Gasteiger partial charge is 0.308 e. The van der Waals surface area contributed by atoms with Crippen LogP contribution in [0.1, 0.15) is 26.2 Å². The molecule has 0 rings (SSSR count). The lowest BCUT2D eigenvalue weighted by molar-refractivity contribution is -0.153. The topological polar surface area (TPSA) is 88.1 Å². The summed E-state index contributed by atoms with van der Waals surface area (Å²) in [4.78, 5) is 33.2. The van der Waals surface area contributed by atoms with Gasteiger partial charge in [-0.05, 0) is 13.2 Å². The molecule has 0 aromatic rings. The molecule has 0 radical (unpaired) electrons. The van der Waals surface area contributed by atoms with Gasteiger partial charge in [-0.15, -0.1) is 0 Å². The molecule has 23 heavy (non-hydrogen) atoms. The molecule has 0 fully saturated rings. The van der Waals surface area contributed by atoms with E-state index in [9.17, 15) is 14.4 Å². The molecule has 0 aliphatic carbocycles. The molecule has 0 spiro atoms. The van der Waals surface area contributed by atoms with Crippen LogP contribution in [0.2, 0.25) is 0 Å². The Bertz CT molecular complexity index is 347. The molecule has 134 valence electrons. The van der Waals surface area contributed by atoms with Gasteiger partial charge in [-0.2, -0.15) is 11.8 Å². The lowest BCUT2D eigenvalue weighted by Gasteiger charge is -2.07. The van der Waals surface area contributed by atoms with Crippen molar-refractivity contribution in [2.45, 2.75) is 26.2 Å². The van der Waals surface area contributed by atoms with Gasteiger partial charge in [0, 0.05) is 12.2 Å². The Labute approximate surface area is 141 Å². The van der Waals surface area contributed by atoms with Gasteiger partial charge >= 0.3 is 11.9 Å². The number of carbonyl (C=O) groups excluding carboxylic acids is 3. The van der Waals surface area contributed by atoms with E-state index in [-0.39, 0.29) is 44.9 Å². The van der Waals surface area contributed by atoms with Crippen molar-refractivity contribution < 1.29 is 33.3 Å². The van der Waals surface area contributed by atoms with Crippen molar-refractivity contribution in [2.24, 2.45) is 0 Å². The van der Waals surface area contributed by atoms with Gasteiger partial charge in [-0.1, -0.05) is 0 Å². The lowest BCUT2D eigenvalue weighted by atomic mass is 10.2. The standard InChI is InChI=1S/C15H26O7S/c1-13(16)3-4-14(17)21-9-10-22-15(18)5-6-19-7-8-20-11-12-23-2/h3-12H2,1-2H3. The fourth-order valence-corrected chi connectivity index (χ4v) is 1.64. The van der Waals surface area contributed by atoms with E-state index in [1.165, 1.54) is 6.92 Å². The van der Waals surface area contributed by atoms with Crippen LogP contribution < -0.4 is 0 Å². The summed E-state index contributed by atoms with van der Waals surface area (Å²) in [6.07, 6.45) is 2.37. The highest BCUT2D eigenvalue weighted by molar-refractivity contribution is 7.98. The summed E-state index contributed by atoms with van der Waals surface area (Å²) < 4.78 is 20.2. The number of hydrogen-bond donors (Lipinski definition) is 0. The van der Waals surface area contributed by atoms with E-state index in [0.29, 0.717) is 19.8 Å². The Balaban J connectivity index is 3.34. The zero-order valence-electron chi connectivity index (χ0n) is 13.8. The first-order valence-electron chi connectivity index (χ1n) is 7.51. The number of hydrogen-bond acceptors (Lipinski definition) is 8. The fourth-order valence-electron chi connectivity index (χ4n) is 1.35. The molecule has 0 aromatic carbocycles. The molecule has 8 heteroatoms. The van der Waals surface area contributed by atoms with Crippen molar-refractivity contribution in [3.8, 4) is 0 Å². The maximum Gasteiger partial charge on any atom is 0.308 e. The Kier molecular flexibility index (Phi) is 15.0. The third-order valence-electron chi connectivity index (χ3n) is 2.54. The first-order chi connectivity index (χ1) is 11.1. The average Bonchev–Trinajstić information content (AvgIpc) is 2.52. The molecule has 0 N–H and O–H groups in total. The van der Waals surface area contributed by atoms with Gasteiger partial charge in [-0.25, -0.2) is 0 Å². The quantitative estimate of drug-likeness (QED) is 0.322. The minimum atomic E-state index is -0.471. The number of carbonyl (C=O) groups is 3. The van der Waals surface area contributed by atoms with Crippen molar-refractivity contribution in [2.75, 3.05) is 51.6 Å². The first kappa shape index (κ1) is 21.9. The largest absolute Gasteiger partial charge is 0.462 e. The summed E-state index contributed by atoms with van der Waals surface area (Å²) >= 11 is 1.72. The molecule has 0 bridgehead atoms. The molecule has 0 unspecified atom stereocenters. The molecule has 0 saturated carbocycles. The van der Waals surface area contributed by atoms with E-state index in [1.54, 1.807) is 11.8 Å². The van der Waals surface area contributed by atoms with E-state index in [1.807, 2.05) is 6.26 Å². The first-order valence-corrected chi connectivity index (χ1v) is 8.90. The van der Waals surface area contributed by atoms with Crippen molar-refractivity contribution in [1.82, 2.24) is 0 Å². The van der Waals surface area contributed by atoms with Gasteiger partial charge in [-0.3, -0.25) is 9.59 Å². The molecule has 0 atom stereocenters. The monoisotopic (exact) mass is 350 g/mol. The van der Waals surface area contributed by atoms with Crippen LogP contribution in [0.25, 0.3) is 0 Å². The Hall–Kier alpha value is -1.12. The summed E-state index contributed by atoms with van der Waals surface area (Å²) in [5.41, 5.74) is 0. The van der Waals surface area contributed by atoms with Crippen molar-refractivity contribution in [1.29, 1.82) is 0 Å². The Morgan fingerprint density at radius 1 is 0.739 bits per heavy atom. The second kappa shape index (κ2) is 15.8. The second-order valence-corrected chi connectivity index (χ2v) is 5.60. The zero-order chi connectivity index (χ0) is 17.3.